The number of nitrogens with one attached hydrogen (secondary N) is 2. The molecule has 6 nitrogen and oxygen atoms in total. The minimum atomic E-state index is 0.0183. The second-order valence-corrected chi connectivity index (χ2v) is 6.43. The molecule has 0 spiro atoms. The molecule has 0 radical (unpaired) electrons. The fourth-order valence-electron chi connectivity index (χ4n) is 3.20. The number of carbonyl (C=O) groups excluding carboxylic acids is 1. The first kappa shape index (κ1) is 15.8. The number of rotatable bonds is 4. The maximum absolute atomic E-state index is 12.3. The van der Waals surface area contributed by atoms with Crippen molar-refractivity contribution < 1.29 is 9.53 Å². The van der Waals surface area contributed by atoms with Gasteiger partial charge in [-0.3, -0.25) is 9.89 Å². The minimum Gasteiger partial charge on any atom is -0.381 e. The molecule has 3 aromatic rings. The van der Waals surface area contributed by atoms with Crippen molar-refractivity contribution in [3.8, 4) is 11.1 Å². The zero-order valence-electron chi connectivity index (χ0n) is 13.9. The van der Waals surface area contributed by atoms with Crippen LogP contribution in [0.3, 0.4) is 0 Å². The molecule has 25 heavy (non-hydrogen) atoms. The summed E-state index contributed by atoms with van der Waals surface area (Å²) in [6.45, 7) is 1.51. The van der Waals surface area contributed by atoms with E-state index in [0.717, 1.165) is 48.0 Å². The standard InChI is InChI=1S/C19H20N4O2/c24-19(7-13-3-5-25-6-4-13)23-18-9-16-8-14(17-11-21-22-12-17)1-2-15(16)10-20-18/h1-2,8-13H,3-7H2,(H,21,22)(H,20,23,24). The number of hydrogen-bond donors (Lipinski definition) is 2. The summed E-state index contributed by atoms with van der Waals surface area (Å²) in [5, 5.41) is 11.8. The van der Waals surface area contributed by atoms with Crippen LogP contribution < -0.4 is 5.32 Å². The molecule has 3 heterocycles. The van der Waals surface area contributed by atoms with Crippen LogP contribution in [0.15, 0.2) is 42.9 Å². The summed E-state index contributed by atoms with van der Waals surface area (Å²) >= 11 is 0. The van der Waals surface area contributed by atoms with Crippen LogP contribution in [0.4, 0.5) is 5.82 Å². The van der Waals surface area contributed by atoms with Gasteiger partial charge in [0, 0.05) is 43.0 Å². The van der Waals surface area contributed by atoms with Gasteiger partial charge in [-0.1, -0.05) is 12.1 Å². The summed E-state index contributed by atoms with van der Waals surface area (Å²) in [6.07, 6.45) is 7.87. The molecule has 2 N–H and O–H groups in total. The predicted molar refractivity (Wildman–Crippen MR) is 96.1 cm³/mol. The fourth-order valence-corrected chi connectivity index (χ4v) is 3.20. The summed E-state index contributed by atoms with van der Waals surface area (Å²) in [5.74, 6) is 1.01. The highest BCUT2D eigenvalue weighted by molar-refractivity contribution is 5.94. The number of anilines is 1. The van der Waals surface area contributed by atoms with Crippen LogP contribution in [0.1, 0.15) is 19.3 Å². The first-order chi connectivity index (χ1) is 12.3. The molecule has 6 heteroatoms. The van der Waals surface area contributed by atoms with Crippen molar-refractivity contribution in [1.29, 1.82) is 0 Å². The Bertz CT molecular complexity index is 870. The van der Waals surface area contributed by atoms with Crippen LogP contribution in [0.25, 0.3) is 21.9 Å². The second-order valence-electron chi connectivity index (χ2n) is 6.43. The quantitative estimate of drug-likeness (QED) is 0.765. The molecule has 1 aromatic carbocycles. The molecule has 0 bridgehead atoms. The summed E-state index contributed by atoms with van der Waals surface area (Å²) in [7, 11) is 0. The third kappa shape index (κ3) is 3.69. The summed E-state index contributed by atoms with van der Waals surface area (Å²) in [5.41, 5.74) is 2.11. The van der Waals surface area contributed by atoms with Gasteiger partial charge >= 0.3 is 0 Å². The van der Waals surface area contributed by atoms with Crippen LogP contribution in [-0.2, 0) is 9.53 Å². The number of fused-ring (bicyclic) bond motifs is 1. The van der Waals surface area contributed by atoms with Crippen LogP contribution in [0.2, 0.25) is 0 Å². The molecule has 0 unspecified atom stereocenters. The van der Waals surface area contributed by atoms with Crippen molar-refractivity contribution in [2.75, 3.05) is 18.5 Å². The van der Waals surface area contributed by atoms with E-state index in [1.807, 2.05) is 24.4 Å². The van der Waals surface area contributed by atoms with Crippen molar-refractivity contribution >= 4 is 22.5 Å². The lowest BCUT2D eigenvalue weighted by Gasteiger charge is -2.21. The summed E-state index contributed by atoms with van der Waals surface area (Å²) in [4.78, 5) is 16.6. The topological polar surface area (TPSA) is 79.9 Å². The molecule has 0 saturated carbocycles. The SMILES string of the molecule is O=C(CC1CCOCC1)Nc1cc2cc(-c3cn[nH]c3)ccc2cn1. The lowest BCUT2D eigenvalue weighted by atomic mass is 9.96. The molecular formula is C19H20N4O2. The summed E-state index contributed by atoms with van der Waals surface area (Å²) in [6, 6.07) is 8.06. The number of ether oxygens (including phenoxy) is 1. The van der Waals surface area contributed by atoms with Gasteiger partial charge < -0.3 is 10.1 Å². The van der Waals surface area contributed by atoms with E-state index in [0.29, 0.717) is 18.2 Å². The van der Waals surface area contributed by atoms with E-state index in [4.69, 9.17) is 4.74 Å². The second kappa shape index (κ2) is 7.03. The van der Waals surface area contributed by atoms with Crippen LogP contribution in [-0.4, -0.2) is 34.3 Å². The average Bonchev–Trinajstić information content (AvgIpc) is 3.16. The van der Waals surface area contributed by atoms with Gasteiger partial charge in [0.25, 0.3) is 0 Å². The van der Waals surface area contributed by atoms with E-state index in [9.17, 15) is 4.79 Å². The number of H-pyrrole nitrogens is 1. The Kier molecular flexibility index (Phi) is 4.43. The number of hydrogen-bond acceptors (Lipinski definition) is 4. The zero-order chi connectivity index (χ0) is 17.1. The first-order valence-electron chi connectivity index (χ1n) is 8.54. The lowest BCUT2D eigenvalue weighted by Crippen LogP contribution is -2.22. The van der Waals surface area contributed by atoms with E-state index in [1.165, 1.54) is 0 Å². The van der Waals surface area contributed by atoms with Crippen molar-refractivity contribution in [3.63, 3.8) is 0 Å². The number of aromatic amines is 1. The van der Waals surface area contributed by atoms with E-state index < -0.39 is 0 Å². The van der Waals surface area contributed by atoms with Gasteiger partial charge in [0.2, 0.25) is 5.91 Å². The van der Waals surface area contributed by atoms with Gasteiger partial charge in [-0.2, -0.15) is 5.10 Å². The predicted octanol–water partition coefficient (Wildman–Crippen LogP) is 3.38. The van der Waals surface area contributed by atoms with Gasteiger partial charge in [-0.05, 0) is 41.8 Å². The highest BCUT2D eigenvalue weighted by Gasteiger charge is 2.17. The molecule has 1 saturated heterocycles. The third-order valence-corrected chi connectivity index (χ3v) is 4.64. The van der Waals surface area contributed by atoms with Crippen molar-refractivity contribution in [1.82, 2.24) is 15.2 Å². The molecule has 0 atom stereocenters. The van der Waals surface area contributed by atoms with E-state index in [2.05, 4.69) is 26.6 Å². The Balaban J connectivity index is 1.50. The fraction of sp³-hybridized carbons (Fsp3) is 0.316. The molecule has 4 rings (SSSR count). The van der Waals surface area contributed by atoms with Crippen LogP contribution >= 0.6 is 0 Å². The Morgan fingerprint density at radius 1 is 1.16 bits per heavy atom. The number of pyridine rings is 1. The summed E-state index contributed by atoms with van der Waals surface area (Å²) < 4.78 is 5.34. The molecule has 128 valence electrons. The van der Waals surface area contributed by atoms with Crippen molar-refractivity contribution in [2.45, 2.75) is 19.3 Å². The van der Waals surface area contributed by atoms with Crippen molar-refractivity contribution in [2.24, 2.45) is 5.92 Å². The average molecular weight is 336 g/mol. The smallest absolute Gasteiger partial charge is 0.225 e. The Morgan fingerprint density at radius 2 is 2.04 bits per heavy atom. The van der Waals surface area contributed by atoms with Gasteiger partial charge in [0.15, 0.2) is 0 Å². The molecule has 1 amide bonds. The normalized spacial score (nSPS) is 15.4. The number of aromatic nitrogens is 3. The maximum Gasteiger partial charge on any atom is 0.225 e. The zero-order valence-corrected chi connectivity index (χ0v) is 13.9. The highest BCUT2D eigenvalue weighted by Crippen LogP contribution is 2.25. The highest BCUT2D eigenvalue weighted by atomic mass is 16.5. The maximum atomic E-state index is 12.3. The molecule has 1 fully saturated rings. The Labute approximate surface area is 145 Å². The molecule has 1 aliphatic rings. The van der Waals surface area contributed by atoms with Gasteiger partial charge in [0.05, 0.1) is 6.20 Å². The van der Waals surface area contributed by atoms with Crippen LogP contribution in [0.5, 0.6) is 0 Å². The van der Waals surface area contributed by atoms with E-state index in [-0.39, 0.29) is 5.91 Å². The van der Waals surface area contributed by atoms with E-state index in [1.54, 1.807) is 12.4 Å². The van der Waals surface area contributed by atoms with Crippen molar-refractivity contribution in [3.05, 3.63) is 42.9 Å². The van der Waals surface area contributed by atoms with Crippen LogP contribution in [0, 0.1) is 5.92 Å². The Morgan fingerprint density at radius 3 is 2.84 bits per heavy atom. The van der Waals surface area contributed by atoms with Gasteiger partial charge in [-0.25, -0.2) is 4.98 Å². The van der Waals surface area contributed by atoms with E-state index >= 15 is 0 Å². The van der Waals surface area contributed by atoms with Gasteiger partial charge in [0.1, 0.15) is 5.82 Å². The molecule has 2 aromatic heterocycles. The third-order valence-electron chi connectivity index (χ3n) is 4.64. The molecule has 1 aliphatic heterocycles. The molecular weight excluding hydrogens is 316 g/mol. The Hall–Kier alpha value is -2.73. The number of carbonyl (C=O) groups is 1. The number of benzene rings is 1. The first-order valence-corrected chi connectivity index (χ1v) is 8.54. The van der Waals surface area contributed by atoms with Gasteiger partial charge in [-0.15, -0.1) is 0 Å². The number of amides is 1. The largest absolute Gasteiger partial charge is 0.381 e. The number of nitrogens with zero attached hydrogens (tertiary/aromatic N) is 2. The monoisotopic (exact) mass is 336 g/mol. The lowest BCUT2D eigenvalue weighted by molar-refractivity contribution is -0.117. The molecule has 0 aliphatic carbocycles. The minimum absolute atomic E-state index is 0.0183.